The number of carbonyl (C=O) groups is 1. The molecule has 1 heterocycles. The molecule has 0 amide bonds. The fourth-order valence-corrected chi connectivity index (χ4v) is 3.92. The lowest BCUT2D eigenvalue weighted by molar-refractivity contribution is 0.0700. The summed E-state index contributed by atoms with van der Waals surface area (Å²) >= 11 is 1.36. The highest BCUT2D eigenvalue weighted by Crippen LogP contribution is 2.29. The molecule has 4 nitrogen and oxygen atoms in total. The van der Waals surface area contributed by atoms with E-state index in [-0.39, 0.29) is 0 Å². The summed E-state index contributed by atoms with van der Waals surface area (Å²) in [6.07, 6.45) is 9.40. The number of aromatic nitrogens is 1. The van der Waals surface area contributed by atoms with E-state index in [9.17, 15) is 9.90 Å². The first kappa shape index (κ1) is 16.4. The summed E-state index contributed by atoms with van der Waals surface area (Å²) in [5, 5.41) is 10.3. The maximum Gasteiger partial charge on any atom is 0.347 e. The number of hydrogen-bond acceptors (Lipinski definition) is 4. The molecule has 0 bridgehead atoms. The Balaban J connectivity index is 1.97. The molecule has 5 heteroatoms. The van der Waals surface area contributed by atoms with Gasteiger partial charge in [0, 0.05) is 13.0 Å². The van der Waals surface area contributed by atoms with Crippen LogP contribution in [0, 0.1) is 5.92 Å². The first-order valence-electron chi connectivity index (χ1n) is 7.93. The molecule has 1 N–H and O–H groups in total. The van der Waals surface area contributed by atoms with Gasteiger partial charge in [-0.3, -0.25) is 0 Å². The van der Waals surface area contributed by atoms with Gasteiger partial charge in [-0.05, 0) is 32.9 Å². The first-order valence-corrected chi connectivity index (χ1v) is 8.74. The number of hydrogen-bond donors (Lipinski definition) is 1. The van der Waals surface area contributed by atoms with Gasteiger partial charge in [-0.15, -0.1) is 11.3 Å². The molecule has 0 spiro atoms. The summed E-state index contributed by atoms with van der Waals surface area (Å²) in [5.74, 6) is -0.0467. The molecular weight excluding hydrogens is 284 g/mol. The molecule has 1 aromatic heterocycles. The van der Waals surface area contributed by atoms with Crippen LogP contribution in [0.15, 0.2) is 0 Å². The van der Waals surface area contributed by atoms with E-state index >= 15 is 0 Å². The minimum Gasteiger partial charge on any atom is -0.477 e. The number of likely N-dealkylation sites (N-methyl/N-ethyl adjacent to an activating group) is 1. The van der Waals surface area contributed by atoms with Crippen LogP contribution in [0.2, 0.25) is 0 Å². The molecular formula is C16H26N2O2S. The molecule has 1 aromatic rings. The highest BCUT2D eigenvalue weighted by atomic mass is 32.1. The highest BCUT2D eigenvalue weighted by molar-refractivity contribution is 7.13. The van der Waals surface area contributed by atoms with E-state index in [1.165, 1.54) is 43.4 Å². The zero-order valence-corrected chi connectivity index (χ0v) is 13.9. The van der Waals surface area contributed by atoms with Crippen molar-refractivity contribution in [2.75, 3.05) is 20.6 Å². The Morgan fingerprint density at radius 3 is 2.62 bits per heavy atom. The molecule has 0 unspecified atom stereocenters. The van der Waals surface area contributed by atoms with E-state index in [4.69, 9.17) is 0 Å². The van der Waals surface area contributed by atoms with Crippen LogP contribution >= 0.6 is 11.3 Å². The van der Waals surface area contributed by atoms with Crippen molar-refractivity contribution in [2.45, 2.75) is 51.4 Å². The predicted molar refractivity (Wildman–Crippen MR) is 86.2 cm³/mol. The van der Waals surface area contributed by atoms with Gasteiger partial charge in [-0.25, -0.2) is 9.78 Å². The molecule has 0 aromatic carbocycles. The number of nitrogens with zero attached hydrogens (tertiary/aromatic N) is 2. The normalized spacial score (nSPS) is 16.5. The van der Waals surface area contributed by atoms with Gasteiger partial charge in [0.15, 0.2) is 0 Å². The Labute approximate surface area is 131 Å². The highest BCUT2D eigenvalue weighted by Gasteiger charge is 2.19. The standard InChI is InChI=1S/C16H26N2O2S/c1-18(2)11-10-14-17-13(15(21-14)16(19)20)9-8-12-6-4-3-5-7-12/h12H,3-11H2,1-2H3,(H,19,20). The average Bonchev–Trinajstić information content (AvgIpc) is 2.87. The molecule has 1 fully saturated rings. The summed E-state index contributed by atoms with van der Waals surface area (Å²) in [6, 6.07) is 0. The molecule has 2 rings (SSSR count). The maximum atomic E-state index is 11.4. The van der Waals surface area contributed by atoms with Gasteiger partial charge in [0.05, 0.1) is 10.7 Å². The van der Waals surface area contributed by atoms with Crippen LogP contribution in [0.1, 0.15) is 58.9 Å². The Morgan fingerprint density at radius 1 is 1.29 bits per heavy atom. The Morgan fingerprint density at radius 2 is 2.00 bits per heavy atom. The number of thiazole rings is 1. The van der Waals surface area contributed by atoms with Crippen LogP contribution in [0.3, 0.4) is 0 Å². The number of rotatable bonds is 7. The van der Waals surface area contributed by atoms with Crippen LogP contribution in [0.25, 0.3) is 0 Å². The topological polar surface area (TPSA) is 53.4 Å². The SMILES string of the molecule is CN(C)CCc1nc(CCC2CCCCC2)c(C(=O)O)s1. The third-order valence-corrected chi connectivity index (χ3v) is 5.37. The Bertz CT molecular complexity index is 465. The molecule has 21 heavy (non-hydrogen) atoms. The number of aromatic carboxylic acids is 1. The van der Waals surface area contributed by atoms with Crippen LogP contribution in [0.4, 0.5) is 0 Å². The van der Waals surface area contributed by atoms with Gasteiger partial charge in [0.2, 0.25) is 0 Å². The van der Waals surface area contributed by atoms with Crippen LogP contribution < -0.4 is 0 Å². The van der Waals surface area contributed by atoms with E-state index in [1.54, 1.807) is 0 Å². The largest absolute Gasteiger partial charge is 0.477 e. The Kier molecular flexibility index (Phi) is 6.18. The summed E-state index contributed by atoms with van der Waals surface area (Å²) < 4.78 is 0. The smallest absolute Gasteiger partial charge is 0.347 e. The average molecular weight is 310 g/mol. The molecule has 1 aliphatic rings. The van der Waals surface area contributed by atoms with E-state index < -0.39 is 5.97 Å². The summed E-state index contributed by atoms with van der Waals surface area (Å²) in [6.45, 7) is 0.911. The second-order valence-electron chi connectivity index (χ2n) is 6.28. The van der Waals surface area contributed by atoms with Crippen LogP contribution in [0.5, 0.6) is 0 Å². The molecule has 0 atom stereocenters. The first-order chi connectivity index (χ1) is 10.1. The van der Waals surface area contributed by atoms with Gasteiger partial charge in [0.25, 0.3) is 0 Å². The van der Waals surface area contributed by atoms with Gasteiger partial charge < -0.3 is 10.0 Å². The Hall–Kier alpha value is -0.940. The quantitative estimate of drug-likeness (QED) is 0.838. The van der Waals surface area contributed by atoms with Crippen LogP contribution in [-0.2, 0) is 12.8 Å². The van der Waals surface area contributed by atoms with E-state index in [0.717, 1.165) is 42.4 Å². The van der Waals surface area contributed by atoms with Crippen molar-refractivity contribution in [1.82, 2.24) is 9.88 Å². The zero-order chi connectivity index (χ0) is 15.2. The fourth-order valence-electron chi connectivity index (χ4n) is 2.98. The van der Waals surface area contributed by atoms with Crippen molar-refractivity contribution in [3.05, 3.63) is 15.6 Å². The lowest BCUT2D eigenvalue weighted by Gasteiger charge is -2.20. The predicted octanol–water partition coefficient (Wildman–Crippen LogP) is 3.46. The minimum atomic E-state index is -0.817. The molecule has 1 aliphatic carbocycles. The van der Waals surface area contributed by atoms with Gasteiger partial charge in [-0.1, -0.05) is 32.1 Å². The van der Waals surface area contributed by atoms with Crippen molar-refractivity contribution in [3.63, 3.8) is 0 Å². The molecule has 0 saturated heterocycles. The molecule has 0 aliphatic heterocycles. The maximum absolute atomic E-state index is 11.4. The minimum absolute atomic E-state index is 0.458. The van der Waals surface area contributed by atoms with Crippen molar-refractivity contribution in [3.8, 4) is 0 Å². The van der Waals surface area contributed by atoms with Crippen molar-refractivity contribution in [1.29, 1.82) is 0 Å². The van der Waals surface area contributed by atoms with Crippen molar-refractivity contribution < 1.29 is 9.90 Å². The number of aryl methyl sites for hydroxylation is 1. The van der Waals surface area contributed by atoms with Crippen molar-refractivity contribution >= 4 is 17.3 Å². The second-order valence-corrected chi connectivity index (χ2v) is 7.37. The van der Waals surface area contributed by atoms with E-state index in [0.29, 0.717) is 4.88 Å². The van der Waals surface area contributed by atoms with Crippen molar-refractivity contribution in [2.24, 2.45) is 5.92 Å². The third-order valence-electron chi connectivity index (χ3n) is 4.22. The fraction of sp³-hybridized carbons (Fsp3) is 0.750. The lowest BCUT2D eigenvalue weighted by Crippen LogP contribution is -2.15. The number of carboxylic acid groups (broad SMARTS) is 1. The summed E-state index contributed by atoms with van der Waals surface area (Å²) in [5.41, 5.74) is 0.812. The van der Waals surface area contributed by atoms with Gasteiger partial charge in [0.1, 0.15) is 4.88 Å². The molecule has 118 valence electrons. The lowest BCUT2D eigenvalue weighted by atomic mass is 9.86. The van der Waals surface area contributed by atoms with Gasteiger partial charge in [-0.2, -0.15) is 0 Å². The summed E-state index contributed by atoms with van der Waals surface area (Å²) in [7, 11) is 4.05. The molecule has 1 saturated carbocycles. The molecule has 0 radical (unpaired) electrons. The zero-order valence-electron chi connectivity index (χ0n) is 13.1. The van der Waals surface area contributed by atoms with Gasteiger partial charge >= 0.3 is 5.97 Å². The van der Waals surface area contributed by atoms with Crippen LogP contribution in [-0.4, -0.2) is 41.6 Å². The monoisotopic (exact) mass is 310 g/mol. The third kappa shape index (κ3) is 5.08. The second kappa shape index (κ2) is 7.90. The number of carboxylic acids is 1. The van der Waals surface area contributed by atoms with E-state index in [1.807, 2.05) is 14.1 Å². The summed E-state index contributed by atoms with van der Waals surface area (Å²) in [4.78, 5) is 18.5. The van der Waals surface area contributed by atoms with E-state index in [2.05, 4.69) is 9.88 Å².